The van der Waals surface area contributed by atoms with Crippen LogP contribution in [-0.2, 0) is 4.74 Å². The molecule has 0 saturated carbocycles. The Balaban J connectivity index is 2.44. The molecule has 0 amide bonds. The molecule has 1 heterocycles. The summed E-state index contributed by atoms with van der Waals surface area (Å²) >= 11 is 0. The van der Waals surface area contributed by atoms with Crippen molar-refractivity contribution in [3.63, 3.8) is 0 Å². The molecule has 2 heteroatoms. The SMILES string of the molecule is B[C@@]1(C)CCC(C)O1. The van der Waals surface area contributed by atoms with Gasteiger partial charge in [-0.05, 0) is 26.7 Å². The van der Waals surface area contributed by atoms with E-state index in [1.807, 2.05) is 0 Å². The summed E-state index contributed by atoms with van der Waals surface area (Å²) in [6.07, 6.45) is 2.94. The lowest BCUT2D eigenvalue weighted by Crippen LogP contribution is -2.23. The maximum absolute atomic E-state index is 5.55. The van der Waals surface area contributed by atoms with Crippen molar-refractivity contribution in [3.05, 3.63) is 0 Å². The Morgan fingerprint density at radius 3 is 2.50 bits per heavy atom. The number of hydrogen-bond acceptors (Lipinski definition) is 1. The Morgan fingerprint density at radius 2 is 2.38 bits per heavy atom. The fraction of sp³-hybridized carbons (Fsp3) is 1.00. The minimum Gasteiger partial charge on any atom is -0.381 e. The number of rotatable bonds is 0. The number of hydrogen-bond donors (Lipinski definition) is 0. The van der Waals surface area contributed by atoms with Crippen molar-refractivity contribution in [1.82, 2.24) is 0 Å². The lowest BCUT2D eigenvalue weighted by Gasteiger charge is -2.16. The zero-order valence-electron chi connectivity index (χ0n) is 5.90. The maximum atomic E-state index is 5.55. The first-order valence-corrected chi connectivity index (χ1v) is 3.28. The maximum Gasteiger partial charge on any atom is 0.142 e. The Bertz CT molecular complexity index is 90.5. The van der Waals surface area contributed by atoms with E-state index in [-0.39, 0.29) is 5.50 Å². The van der Waals surface area contributed by atoms with E-state index in [4.69, 9.17) is 4.74 Å². The van der Waals surface area contributed by atoms with E-state index in [1.165, 1.54) is 12.8 Å². The molecule has 0 aromatic carbocycles. The molecular formula is C6H13BO. The van der Waals surface area contributed by atoms with Gasteiger partial charge in [-0.1, -0.05) is 0 Å². The summed E-state index contributed by atoms with van der Waals surface area (Å²) in [5, 5.41) is 0. The summed E-state index contributed by atoms with van der Waals surface area (Å²) in [5.74, 6) is 0. The van der Waals surface area contributed by atoms with E-state index in [9.17, 15) is 0 Å². The standard InChI is InChI=1S/C6H13BO/c1-5-3-4-6(2,7)8-5/h5H,3-4,7H2,1-2H3/t5?,6-/m1/s1. The van der Waals surface area contributed by atoms with Crippen molar-refractivity contribution >= 4 is 7.85 Å². The summed E-state index contributed by atoms with van der Waals surface area (Å²) in [6, 6.07) is 0. The molecule has 0 aromatic heterocycles. The third kappa shape index (κ3) is 1.25. The van der Waals surface area contributed by atoms with Gasteiger partial charge in [0.25, 0.3) is 0 Å². The van der Waals surface area contributed by atoms with E-state index in [0.29, 0.717) is 6.10 Å². The predicted molar refractivity (Wildman–Crippen MR) is 36.7 cm³/mol. The molecule has 1 aliphatic heterocycles. The monoisotopic (exact) mass is 112 g/mol. The van der Waals surface area contributed by atoms with Crippen LogP contribution >= 0.6 is 0 Å². The van der Waals surface area contributed by atoms with Crippen LogP contribution in [0.1, 0.15) is 26.7 Å². The summed E-state index contributed by atoms with van der Waals surface area (Å²) in [6.45, 7) is 4.28. The molecule has 1 saturated heterocycles. The van der Waals surface area contributed by atoms with Crippen molar-refractivity contribution in [3.8, 4) is 0 Å². The van der Waals surface area contributed by atoms with Crippen LogP contribution in [0.25, 0.3) is 0 Å². The molecule has 0 N–H and O–H groups in total. The zero-order chi connectivity index (χ0) is 6.20. The lowest BCUT2D eigenvalue weighted by atomic mass is 9.81. The van der Waals surface area contributed by atoms with Gasteiger partial charge < -0.3 is 4.74 Å². The molecule has 1 aliphatic rings. The fourth-order valence-electron chi connectivity index (χ4n) is 1.21. The van der Waals surface area contributed by atoms with E-state index in [1.54, 1.807) is 0 Å². The van der Waals surface area contributed by atoms with E-state index >= 15 is 0 Å². The predicted octanol–water partition coefficient (Wildman–Crippen LogP) is 0.535. The van der Waals surface area contributed by atoms with Crippen LogP contribution in [0.15, 0.2) is 0 Å². The second-order valence-electron chi connectivity index (χ2n) is 3.23. The highest BCUT2D eigenvalue weighted by molar-refractivity contribution is 6.14. The molecule has 8 heavy (non-hydrogen) atoms. The highest BCUT2D eigenvalue weighted by Gasteiger charge is 2.28. The van der Waals surface area contributed by atoms with Crippen molar-refractivity contribution in [2.45, 2.75) is 38.3 Å². The van der Waals surface area contributed by atoms with E-state index in [0.717, 1.165) is 0 Å². The Hall–Kier alpha value is 0.0249. The summed E-state index contributed by atoms with van der Waals surface area (Å²) in [5.41, 5.74) is 0.166. The van der Waals surface area contributed by atoms with Gasteiger partial charge in [0.15, 0.2) is 0 Å². The van der Waals surface area contributed by atoms with Crippen LogP contribution in [0.2, 0.25) is 0 Å². The molecule has 0 radical (unpaired) electrons. The van der Waals surface area contributed by atoms with Crippen LogP contribution in [-0.4, -0.2) is 19.5 Å². The Kier molecular flexibility index (Phi) is 1.36. The normalized spacial score (nSPS) is 47.5. The first-order chi connectivity index (χ1) is 3.60. The average molecular weight is 112 g/mol. The summed E-state index contributed by atoms with van der Waals surface area (Å²) in [4.78, 5) is 0. The third-order valence-corrected chi connectivity index (χ3v) is 1.67. The average Bonchev–Trinajstić information content (AvgIpc) is 1.82. The zero-order valence-corrected chi connectivity index (χ0v) is 5.90. The molecule has 0 aliphatic carbocycles. The molecule has 1 fully saturated rings. The van der Waals surface area contributed by atoms with Gasteiger partial charge in [-0.25, -0.2) is 0 Å². The van der Waals surface area contributed by atoms with Gasteiger partial charge in [0, 0.05) is 5.50 Å². The van der Waals surface area contributed by atoms with Crippen molar-refractivity contribution in [2.75, 3.05) is 0 Å². The van der Waals surface area contributed by atoms with Crippen LogP contribution < -0.4 is 0 Å². The van der Waals surface area contributed by atoms with Crippen molar-refractivity contribution in [2.24, 2.45) is 0 Å². The second kappa shape index (κ2) is 1.76. The molecular weight excluding hydrogens is 98.9 g/mol. The first-order valence-electron chi connectivity index (χ1n) is 3.28. The first kappa shape index (κ1) is 6.15. The molecule has 1 unspecified atom stereocenters. The quantitative estimate of drug-likeness (QED) is 0.415. The van der Waals surface area contributed by atoms with Gasteiger partial charge in [-0.2, -0.15) is 0 Å². The van der Waals surface area contributed by atoms with Gasteiger partial charge in [-0.15, -0.1) is 0 Å². The minimum atomic E-state index is 0.166. The molecule has 0 bridgehead atoms. The van der Waals surface area contributed by atoms with Crippen LogP contribution in [0.5, 0.6) is 0 Å². The van der Waals surface area contributed by atoms with Gasteiger partial charge >= 0.3 is 0 Å². The van der Waals surface area contributed by atoms with E-state index in [2.05, 4.69) is 21.7 Å². The molecule has 0 aromatic rings. The molecule has 2 atom stereocenters. The Labute approximate surface area is 51.8 Å². The van der Waals surface area contributed by atoms with E-state index < -0.39 is 0 Å². The second-order valence-corrected chi connectivity index (χ2v) is 3.23. The molecule has 1 rings (SSSR count). The third-order valence-electron chi connectivity index (χ3n) is 1.67. The fourth-order valence-corrected chi connectivity index (χ4v) is 1.21. The van der Waals surface area contributed by atoms with Gasteiger partial charge in [0.05, 0.1) is 6.10 Å². The minimum absolute atomic E-state index is 0.166. The van der Waals surface area contributed by atoms with Gasteiger partial charge in [0.1, 0.15) is 7.85 Å². The van der Waals surface area contributed by atoms with Crippen LogP contribution in [0, 0.1) is 0 Å². The lowest BCUT2D eigenvalue weighted by molar-refractivity contribution is 0.0378. The highest BCUT2D eigenvalue weighted by Crippen LogP contribution is 2.25. The highest BCUT2D eigenvalue weighted by atomic mass is 16.5. The molecule has 1 nitrogen and oxygen atoms in total. The molecule has 0 spiro atoms. The van der Waals surface area contributed by atoms with Crippen molar-refractivity contribution in [1.29, 1.82) is 0 Å². The van der Waals surface area contributed by atoms with Crippen molar-refractivity contribution < 1.29 is 4.74 Å². The largest absolute Gasteiger partial charge is 0.381 e. The van der Waals surface area contributed by atoms with Gasteiger partial charge in [-0.3, -0.25) is 0 Å². The summed E-state index contributed by atoms with van der Waals surface area (Å²) < 4.78 is 5.55. The van der Waals surface area contributed by atoms with Crippen LogP contribution in [0.4, 0.5) is 0 Å². The topological polar surface area (TPSA) is 9.23 Å². The van der Waals surface area contributed by atoms with Gasteiger partial charge in [0.2, 0.25) is 0 Å². The summed E-state index contributed by atoms with van der Waals surface area (Å²) in [7, 11) is 2.15. The Morgan fingerprint density at radius 1 is 1.75 bits per heavy atom. The van der Waals surface area contributed by atoms with Crippen LogP contribution in [0.3, 0.4) is 0 Å². The smallest absolute Gasteiger partial charge is 0.142 e. The number of ether oxygens (including phenoxy) is 1. The molecule has 46 valence electrons.